The molecule has 2 fully saturated rings. The Morgan fingerprint density at radius 1 is 1.24 bits per heavy atom. The Labute approximate surface area is 103 Å². The van der Waals surface area contributed by atoms with Gasteiger partial charge in [0.05, 0.1) is 11.6 Å². The molecular formula is C15H18N2. The molecule has 0 aliphatic heterocycles. The summed E-state index contributed by atoms with van der Waals surface area (Å²) in [7, 11) is 0. The van der Waals surface area contributed by atoms with E-state index in [0.717, 1.165) is 24.1 Å². The predicted octanol–water partition coefficient (Wildman–Crippen LogP) is 2.93. The predicted molar refractivity (Wildman–Crippen MR) is 67.3 cm³/mol. The molecule has 1 aromatic rings. The maximum absolute atomic E-state index is 8.91. The van der Waals surface area contributed by atoms with Crippen molar-refractivity contribution in [1.29, 1.82) is 5.26 Å². The molecule has 0 atom stereocenters. The van der Waals surface area contributed by atoms with E-state index in [9.17, 15) is 0 Å². The highest BCUT2D eigenvalue weighted by molar-refractivity contribution is 5.32. The van der Waals surface area contributed by atoms with Crippen molar-refractivity contribution in [2.75, 3.05) is 6.54 Å². The van der Waals surface area contributed by atoms with Crippen LogP contribution in [0.15, 0.2) is 24.3 Å². The molecule has 2 heteroatoms. The number of nitrogens with zero attached hydrogens (tertiary/aromatic N) is 2. The van der Waals surface area contributed by atoms with E-state index in [-0.39, 0.29) is 0 Å². The van der Waals surface area contributed by atoms with Crippen molar-refractivity contribution in [3.05, 3.63) is 35.4 Å². The van der Waals surface area contributed by atoms with Crippen molar-refractivity contribution in [1.82, 2.24) is 4.90 Å². The molecule has 3 rings (SSSR count). The van der Waals surface area contributed by atoms with Crippen molar-refractivity contribution >= 4 is 0 Å². The van der Waals surface area contributed by atoms with E-state index in [2.05, 4.69) is 17.0 Å². The summed E-state index contributed by atoms with van der Waals surface area (Å²) in [6.07, 6.45) is 5.57. The van der Waals surface area contributed by atoms with Gasteiger partial charge in [0.2, 0.25) is 0 Å². The Kier molecular flexibility index (Phi) is 2.86. The number of hydrogen-bond donors (Lipinski definition) is 0. The Morgan fingerprint density at radius 2 is 2.06 bits per heavy atom. The fourth-order valence-electron chi connectivity index (χ4n) is 2.39. The third kappa shape index (κ3) is 2.87. The average molecular weight is 226 g/mol. The van der Waals surface area contributed by atoms with Crippen LogP contribution in [0.2, 0.25) is 0 Å². The minimum atomic E-state index is 0.782. The Balaban J connectivity index is 1.67. The first-order valence-electron chi connectivity index (χ1n) is 6.58. The molecule has 0 bridgehead atoms. The molecule has 1 aromatic carbocycles. The lowest BCUT2D eigenvalue weighted by Gasteiger charge is -2.21. The summed E-state index contributed by atoms with van der Waals surface area (Å²) in [6, 6.07) is 11.1. The van der Waals surface area contributed by atoms with E-state index in [1.165, 1.54) is 37.8 Å². The van der Waals surface area contributed by atoms with Crippen LogP contribution in [-0.2, 0) is 6.54 Å². The summed E-state index contributed by atoms with van der Waals surface area (Å²) in [5, 5.41) is 8.91. The smallest absolute Gasteiger partial charge is 0.0991 e. The molecule has 0 heterocycles. The molecule has 0 spiro atoms. The van der Waals surface area contributed by atoms with E-state index in [1.807, 2.05) is 18.2 Å². The number of nitriles is 1. The zero-order valence-electron chi connectivity index (χ0n) is 10.1. The second kappa shape index (κ2) is 4.50. The third-order valence-electron chi connectivity index (χ3n) is 3.69. The number of rotatable bonds is 5. The van der Waals surface area contributed by atoms with Gasteiger partial charge in [0.25, 0.3) is 0 Å². The fourth-order valence-corrected chi connectivity index (χ4v) is 2.39. The van der Waals surface area contributed by atoms with E-state index in [1.54, 1.807) is 0 Å². The molecule has 0 unspecified atom stereocenters. The molecule has 0 saturated heterocycles. The van der Waals surface area contributed by atoms with Gasteiger partial charge in [-0.3, -0.25) is 4.90 Å². The van der Waals surface area contributed by atoms with E-state index in [0.29, 0.717) is 0 Å². The van der Waals surface area contributed by atoms with Gasteiger partial charge < -0.3 is 0 Å². The van der Waals surface area contributed by atoms with E-state index >= 15 is 0 Å². The van der Waals surface area contributed by atoms with Crippen LogP contribution in [0, 0.1) is 17.2 Å². The molecule has 88 valence electrons. The average Bonchev–Trinajstić information content (AvgIpc) is 3.21. The summed E-state index contributed by atoms with van der Waals surface area (Å²) in [4.78, 5) is 2.62. The van der Waals surface area contributed by atoms with Crippen LogP contribution >= 0.6 is 0 Å². The molecule has 2 aliphatic carbocycles. The van der Waals surface area contributed by atoms with Crippen molar-refractivity contribution in [2.45, 2.75) is 38.3 Å². The second-order valence-corrected chi connectivity index (χ2v) is 5.42. The molecule has 0 radical (unpaired) electrons. The highest BCUT2D eigenvalue weighted by atomic mass is 15.2. The van der Waals surface area contributed by atoms with Crippen LogP contribution in [0.25, 0.3) is 0 Å². The summed E-state index contributed by atoms with van der Waals surface area (Å²) in [6.45, 7) is 2.29. The molecule has 0 N–H and O–H groups in total. The van der Waals surface area contributed by atoms with Crippen LogP contribution in [0.3, 0.4) is 0 Å². The van der Waals surface area contributed by atoms with Crippen LogP contribution in [0.4, 0.5) is 0 Å². The standard InChI is InChI=1S/C15H18N2/c16-9-13-2-1-3-14(8-13)11-17(15-6-7-15)10-12-4-5-12/h1-3,8,12,15H,4-7,10-11H2. The second-order valence-electron chi connectivity index (χ2n) is 5.42. The van der Waals surface area contributed by atoms with Gasteiger partial charge in [-0.1, -0.05) is 12.1 Å². The Bertz CT molecular complexity index is 438. The molecule has 17 heavy (non-hydrogen) atoms. The van der Waals surface area contributed by atoms with Crippen LogP contribution in [0.1, 0.15) is 36.8 Å². The maximum Gasteiger partial charge on any atom is 0.0991 e. The van der Waals surface area contributed by atoms with Gasteiger partial charge in [-0.2, -0.15) is 5.26 Å². The van der Waals surface area contributed by atoms with Crippen molar-refractivity contribution in [3.63, 3.8) is 0 Å². The Hall–Kier alpha value is -1.33. The fraction of sp³-hybridized carbons (Fsp3) is 0.533. The van der Waals surface area contributed by atoms with Gasteiger partial charge >= 0.3 is 0 Å². The zero-order valence-corrected chi connectivity index (χ0v) is 10.1. The van der Waals surface area contributed by atoms with Crippen molar-refractivity contribution in [2.24, 2.45) is 5.92 Å². The van der Waals surface area contributed by atoms with Gasteiger partial charge in [-0.15, -0.1) is 0 Å². The molecule has 2 aliphatic rings. The van der Waals surface area contributed by atoms with Gasteiger partial charge in [0, 0.05) is 19.1 Å². The monoisotopic (exact) mass is 226 g/mol. The molecule has 2 nitrogen and oxygen atoms in total. The van der Waals surface area contributed by atoms with Gasteiger partial charge in [-0.25, -0.2) is 0 Å². The van der Waals surface area contributed by atoms with Gasteiger partial charge in [-0.05, 0) is 49.3 Å². The first kappa shape index (κ1) is 10.8. The molecular weight excluding hydrogens is 208 g/mol. The zero-order chi connectivity index (χ0) is 11.7. The van der Waals surface area contributed by atoms with Gasteiger partial charge in [0.15, 0.2) is 0 Å². The summed E-state index contributed by atoms with van der Waals surface area (Å²) in [5.74, 6) is 0.953. The molecule has 2 saturated carbocycles. The first-order valence-corrected chi connectivity index (χ1v) is 6.58. The highest BCUT2D eigenvalue weighted by Crippen LogP contribution is 2.35. The van der Waals surface area contributed by atoms with E-state index in [4.69, 9.17) is 5.26 Å². The van der Waals surface area contributed by atoms with Crippen molar-refractivity contribution < 1.29 is 0 Å². The summed E-state index contributed by atoms with van der Waals surface area (Å²) < 4.78 is 0. The third-order valence-corrected chi connectivity index (χ3v) is 3.69. The maximum atomic E-state index is 8.91. The normalized spacial score (nSPS) is 19.3. The molecule has 0 aromatic heterocycles. The topological polar surface area (TPSA) is 27.0 Å². The van der Waals surface area contributed by atoms with Crippen LogP contribution in [0.5, 0.6) is 0 Å². The lowest BCUT2D eigenvalue weighted by Crippen LogP contribution is -2.27. The van der Waals surface area contributed by atoms with Gasteiger partial charge in [0.1, 0.15) is 0 Å². The quantitative estimate of drug-likeness (QED) is 0.772. The summed E-state index contributed by atoms with van der Waals surface area (Å²) in [5.41, 5.74) is 2.07. The Morgan fingerprint density at radius 3 is 2.71 bits per heavy atom. The SMILES string of the molecule is N#Cc1cccc(CN(CC2CC2)C2CC2)c1. The number of hydrogen-bond acceptors (Lipinski definition) is 2. The lowest BCUT2D eigenvalue weighted by molar-refractivity contribution is 0.244. The lowest BCUT2D eigenvalue weighted by atomic mass is 10.1. The minimum absolute atomic E-state index is 0.782. The molecule has 0 amide bonds. The number of benzene rings is 1. The van der Waals surface area contributed by atoms with E-state index < -0.39 is 0 Å². The van der Waals surface area contributed by atoms with Crippen LogP contribution in [-0.4, -0.2) is 17.5 Å². The first-order chi connectivity index (χ1) is 8.35. The van der Waals surface area contributed by atoms with Crippen LogP contribution < -0.4 is 0 Å². The minimum Gasteiger partial charge on any atom is -0.296 e. The summed E-state index contributed by atoms with van der Waals surface area (Å²) >= 11 is 0. The van der Waals surface area contributed by atoms with Crippen molar-refractivity contribution in [3.8, 4) is 6.07 Å². The largest absolute Gasteiger partial charge is 0.296 e. The highest BCUT2D eigenvalue weighted by Gasteiger charge is 2.33.